The molecule has 5 nitrogen and oxygen atoms in total. The van der Waals surface area contributed by atoms with Gasteiger partial charge in [-0.2, -0.15) is 0 Å². The Labute approximate surface area is 185 Å². The van der Waals surface area contributed by atoms with Gasteiger partial charge in [-0.1, -0.05) is 34.8 Å². The molecule has 8 heteroatoms. The lowest BCUT2D eigenvalue weighted by Gasteiger charge is -2.26. The van der Waals surface area contributed by atoms with Crippen molar-refractivity contribution in [2.24, 2.45) is 0 Å². The van der Waals surface area contributed by atoms with Gasteiger partial charge in [0.1, 0.15) is 18.2 Å². The molecule has 0 radical (unpaired) electrons. The normalized spacial score (nSPS) is 15.1. The number of morpholine rings is 1. The van der Waals surface area contributed by atoms with Gasteiger partial charge in [-0.25, -0.2) is 4.98 Å². The number of aromatic nitrogens is 2. The van der Waals surface area contributed by atoms with Gasteiger partial charge in [-0.3, -0.25) is 4.90 Å². The van der Waals surface area contributed by atoms with Crippen molar-refractivity contribution < 1.29 is 9.47 Å². The molecule has 0 aliphatic carbocycles. The summed E-state index contributed by atoms with van der Waals surface area (Å²) in [5, 5.41) is 1.73. The van der Waals surface area contributed by atoms with Crippen LogP contribution in [-0.2, 0) is 17.9 Å². The van der Waals surface area contributed by atoms with E-state index in [0.717, 1.165) is 62.7 Å². The van der Waals surface area contributed by atoms with E-state index in [1.54, 1.807) is 18.2 Å². The molecule has 0 unspecified atom stereocenters. The van der Waals surface area contributed by atoms with E-state index in [-0.39, 0.29) is 0 Å². The molecule has 2 heterocycles. The zero-order valence-corrected chi connectivity index (χ0v) is 18.2. The summed E-state index contributed by atoms with van der Waals surface area (Å²) in [6.45, 7) is 5.80. The zero-order chi connectivity index (χ0) is 20.2. The smallest absolute Gasteiger partial charge is 0.148 e. The van der Waals surface area contributed by atoms with Crippen molar-refractivity contribution in [3.05, 3.63) is 57.3 Å². The summed E-state index contributed by atoms with van der Waals surface area (Å²) in [5.74, 6) is 1.43. The molecular formula is C21H22Cl3N3O2. The number of nitrogens with zero attached hydrogens (tertiary/aromatic N) is 3. The predicted molar refractivity (Wildman–Crippen MR) is 117 cm³/mol. The Kier molecular flexibility index (Phi) is 6.83. The van der Waals surface area contributed by atoms with E-state index in [1.165, 1.54) is 0 Å². The SMILES string of the molecule is Clc1ccc(OCc2nc3cc(Cl)ccc3n2CCCN2CCOCC2)c(Cl)c1. The molecule has 3 aromatic rings. The maximum absolute atomic E-state index is 6.23. The van der Waals surface area contributed by atoms with Gasteiger partial charge in [0.25, 0.3) is 0 Å². The van der Waals surface area contributed by atoms with Crippen molar-refractivity contribution in [3.63, 3.8) is 0 Å². The van der Waals surface area contributed by atoms with Gasteiger partial charge in [0.15, 0.2) is 0 Å². The molecule has 0 N–H and O–H groups in total. The predicted octanol–water partition coefficient (Wildman–Crippen LogP) is 5.30. The van der Waals surface area contributed by atoms with Gasteiger partial charge in [0, 0.05) is 36.2 Å². The Bertz CT molecular complexity index is 987. The average Bonchev–Trinajstić information content (AvgIpc) is 3.05. The highest BCUT2D eigenvalue weighted by molar-refractivity contribution is 6.35. The van der Waals surface area contributed by atoms with E-state index in [1.807, 2.05) is 18.2 Å². The van der Waals surface area contributed by atoms with Crippen LogP contribution >= 0.6 is 34.8 Å². The minimum absolute atomic E-state index is 0.311. The van der Waals surface area contributed by atoms with Crippen molar-refractivity contribution in [2.45, 2.75) is 19.6 Å². The van der Waals surface area contributed by atoms with Crippen LogP contribution in [0.1, 0.15) is 12.2 Å². The first-order valence-electron chi connectivity index (χ1n) is 9.63. The molecule has 29 heavy (non-hydrogen) atoms. The number of benzene rings is 2. The fourth-order valence-corrected chi connectivity index (χ4v) is 4.15. The van der Waals surface area contributed by atoms with Gasteiger partial charge in [-0.05, 0) is 42.8 Å². The first kappa shape index (κ1) is 20.8. The van der Waals surface area contributed by atoms with Crippen molar-refractivity contribution in [2.75, 3.05) is 32.8 Å². The third kappa shape index (κ3) is 5.16. The van der Waals surface area contributed by atoms with E-state index in [2.05, 4.69) is 9.47 Å². The van der Waals surface area contributed by atoms with E-state index < -0.39 is 0 Å². The second-order valence-electron chi connectivity index (χ2n) is 6.98. The number of hydrogen-bond donors (Lipinski definition) is 0. The van der Waals surface area contributed by atoms with E-state index in [4.69, 9.17) is 49.3 Å². The topological polar surface area (TPSA) is 39.5 Å². The summed E-state index contributed by atoms with van der Waals surface area (Å²) in [4.78, 5) is 7.19. The van der Waals surface area contributed by atoms with Crippen LogP contribution < -0.4 is 4.74 Å². The minimum atomic E-state index is 0.311. The van der Waals surface area contributed by atoms with Gasteiger partial charge in [0.2, 0.25) is 0 Å². The third-order valence-electron chi connectivity index (χ3n) is 5.00. The van der Waals surface area contributed by atoms with Crippen LogP contribution in [0.2, 0.25) is 15.1 Å². The summed E-state index contributed by atoms with van der Waals surface area (Å²) >= 11 is 18.4. The molecule has 2 aromatic carbocycles. The summed E-state index contributed by atoms with van der Waals surface area (Å²) < 4.78 is 13.6. The molecule has 0 atom stereocenters. The average molecular weight is 455 g/mol. The monoisotopic (exact) mass is 453 g/mol. The Balaban J connectivity index is 1.51. The number of aryl methyl sites for hydroxylation is 1. The minimum Gasteiger partial charge on any atom is -0.484 e. The molecule has 154 valence electrons. The first-order valence-corrected chi connectivity index (χ1v) is 10.8. The summed E-state index contributed by atoms with van der Waals surface area (Å²) in [6.07, 6.45) is 1.02. The molecule has 1 aliphatic rings. The number of hydrogen-bond acceptors (Lipinski definition) is 4. The summed E-state index contributed by atoms with van der Waals surface area (Å²) in [7, 11) is 0. The van der Waals surface area contributed by atoms with Crippen LogP contribution in [0, 0.1) is 0 Å². The van der Waals surface area contributed by atoms with Gasteiger partial charge < -0.3 is 14.0 Å². The van der Waals surface area contributed by atoms with Crippen LogP contribution in [0.15, 0.2) is 36.4 Å². The molecule has 0 spiro atoms. The highest BCUT2D eigenvalue weighted by Crippen LogP contribution is 2.29. The van der Waals surface area contributed by atoms with E-state index >= 15 is 0 Å². The maximum Gasteiger partial charge on any atom is 0.148 e. The second-order valence-corrected chi connectivity index (χ2v) is 8.26. The molecule has 1 saturated heterocycles. The first-order chi connectivity index (χ1) is 14.1. The quantitative estimate of drug-likeness (QED) is 0.486. The van der Waals surface area contributed by atoms with Gasteiger partial charge >= 0.3 is 0 Å². The lowest BCUT2D eigenvalue weighted by atomic mass is 10.3. The Morgan fingerprint density at radius 3 is 2.52 bits per heavy atom. The van der Waals surface area contributed by atoms with Crippen molar-refractivity contribution in [1.82, 2.24) is 14.5 Å². The molecular weight excluding hydrogens is 433 g/mol. The molecule has 0 bridgehead atoms. The second kappa shape index (κ2) is 9.54. The van der Waals surface area contributed by atoms with Crippen LogP contribution in [-0.4, -0.2) is 47.3 Å². The number of ether oxygens (including phenoxy) is 2. The number of halogens is 3. The maximum atomic E-state index is 6.23. The number of rotatable bonds is 7. The highest BCUT2D eigenvalue weighted by atomic mass is 35.5. The van der Waals surface area contributed by atoms with E-state index in [0.29, 0.717) is 27.4 Å². The van der Waals surface area contributed by atoms with Crippen LogP contribution in [0.5, 0.6) is 5.75 Å². The third-order valence-corrected chi connectivity index (χ3v) is 5.77. The molecule has 1 aliphatic heterocycles. The Morgan fingerprint density at radius 2 is 1.72 bits per heavy atom. The Hall–Kier alpha value is -1.50. The number of imidazole rings is 1. The van der Waals surface area contributed by atoms with Gasteiger partial charge in [0.05, 0.1) is 29.3 Å². The van der Waals surface area contributed by atoms with Crippen molar-refractivity contribution >= 4 is 45.8 Å². The van der Waals surface area contributed by atoms with Gasteiger partial charge in [-0.15, -0.1) is 0 Å². The van der Waals surface area contributed by atoms with Crippen LogP contribution in [0.4, 0.5) is 0 Å². The lowest BCUT2D eigenvalue weighted by molar-refractivity contribution is 0.0369. The summed E-state index contributed by atoms with van der Waals surface area (Å²) in [5.41, 5.74) is 1.92. The van der Waals surface area contributed by atoms with Crippen LogP contribution in [0.25, 0.3) is 11.0 Å². The molecule has 0 saturated carbocycles. The standard InChI is InChI=1S/C21H22Cl3N3O2/c22-15-3-5-20(17(24)12-15)29-14-21-25-18-13-16(23)2-4-19(18)27(21)7-1-6-26-8-10-28-11-9-26/h2-5,12-13H,1,6-11,14H2. The molecule has 0 amide bonds. The molecule has 4 rings (SSSR count). The fraction of sp³-hybridized carbons (Fsp3) is 0.381. The zero-order valence-electron chi connectivity index (χ0n) is 15.9. The lowest BCUT2D eigenvalue weighted by Crippen LogP contribution is -2.37. The largest absolute Gasteiger partial charge is 0.484 e. The van der Waals surface area contributed by atoms with Crippen molar-refractivity contribution in [3.8, 4) is 5.75 Å². The Morgan fingerprint density at radius 1 is 0.966 bits per heavy atom. The highest BCUT2D eigenvalue weighted by Gasteiger charge is 2.14. The van der Waals surface area contributed by atoms with Crippen LogP contribution in [0.3, 0.4) is 0 Å². The van der Waals surface area contributed by atoms with Crippen molar-refractivity contribution in [1.29, 1.82) is 0 Å². The molecule has 1 fully saturated rings. The summed E-state index contributed by atoms with van der Waals surface area (Å²) in [6, 6.07) is 11.0. The molecule has 1 aromatic heterocycles. The van der Waals surface area contributed by atoms with E-state index in [9.17, 15) is 0 Å². The fourth-order valence-electron chi connectivity index (χ4n) is 3.52. The number of fused-ring (bicyclic) bond motifs is 1.